The SMILES string of the molecule is COC(=O)c1c(-c2c(F)cccc2Cl)noc1/C=C/C(=O)N(C)C. The Morgan fingerprint density at radius 3 is 2.67 bits per heavy atom. The molecule has 0 unspecified atom stereocenters. The average molecular weight is 353 g/mol. The third-order valence-electron chi connectivity index (χ3n) is 3.13. The quantitative estimate of drug-likeness (QED) is 0.624. The van der Waals surface area contributed by atoms with Gasteiger partial charge in [-0.05, 0) is 18.2 Å². The van der Waals surface area contributed by atoms with Crippen molar-refractivity contribution in [3.05, 3.63) is 46.4 Å². The van der Waals surface area contributed by atoms with Crippen LogP contribution in [0.2, 0.25) is 5.02 Å². The maximum absolute atomic E-state index is 14.1. The van der Waals surface area contributed by atoms with Gasteiger partial charge in [0.1, 0.15) is 17.1 Å². The van der Waals surface area contributed by atoms with Crippen LogP contribution < -0.4 is 0 Å². The van der Waals surface area contributed by atoms with Crippen molar-refractivity contribution in [3.8, 4) is 11.3 Å². The summed E-state index contributed by atoms with van der Waals surface area (Å²) in [7, 11) is 4.30. The highest BCUT2D eigenvalue weighted by Gasteiger charge is 2.27. The molecular weight excluding hydrogens is 339 g/mol. The van der Waals surface area contributed by atoms with E-state index < -0.39 is 11.8 Å². The average Bonchev–Trinajstić information content (AvgIpc) is 2.95. The Bertz CT molecular complexity index is 794. The first-order valence-electron chi connectivity index (χ1n) is 6.78. The van der Waals surface area contributed by atoms with Crippen LogP contribution in [0.3, 0.4) is 0 Å². The number of amides is 1. The van der Waals surface area contributed by atoms with Gasteiger partial charge in [0.15, 0.2) is 5.76 Å². The van der Waals surface area contributed by atoms with Crippen LogP contribution >= 0.6 is 11.6 Å². The van der Waals surface area contributed by atoms with E-state index in [4.69, 9.17) is 20.9 Å². The minimum absolute atomic E-state index is 0.0358. The van der Waals surface area contributed by atoms with Crippen molar-refractivity contribution >= 4 is 29.6 Å². The predicted octanol–water partition coefficient (Wildman–Crippen LogP) is 3.02. The standard InChI is InChI=1S/C16H14ClFN2O4/c1-20(2)12(21)8-7-11-14(16(22)23-3)15(19-24-11)13-9(17)5-4-6-10(13)18/h4-8H,1-3H3/b8-7+. The van der Waals surface area contributed by atoms with Crippen LogP contribution in [0.1, 0.15) is 16.1 Å². The normalized spacial score (nSPS) is 10.9. The van der Waals surface area contributed by atoms with E-state index in [1.807, 2.05) is 0 Å². The van der Waals surface area contributed by atoms with Crippen molar-refractivity contribution in [2.24, 2.45) is 0 Å². The number of ether oxygens (including phenoxy) is 1. The zero-order chi connectivity index (χ0) is 17.9. The first-order valence-corrected chi connectivity index (χ1v) is 7.16. The van der Waals surface area contributed by atoms with Crippen molar-refractivity contribution in [3.63, 3.8) is 0 Å². The molecule has 0 aliphatic rings. The summed E-state index contributed by atoms with van der Waals surface area (Å²) in [4.78, 5) is 25.0. The number of hydrogen-bond acceptors (Lipinski definition) is 5. The van der Waals surface area contributed by atoms with Gasteiger partial charge in [0.25, 0.3) is 0 Å². The minimum Gasteiger partial charge on any atom is -0.465 e. The Labute approximate surface area is 142 Å². The molecule has 0 saturated heterocycles. The highest BCUT2D eigenvalue weighted by atomic mass is 35.5. The van der Waals surface area contributed by atoms with E-state index in [9.17, 15) is 14.0 Å². The number of carbonyl (C=O) groups is 2. The lowest BCUT2D eigenvalue weighted by Crippen LogP contribution is -2.18. The van der Waals surface area contributed by atoms with Crippen LogP contribution in [-0.2, 0) is 9.53 Å². The van der Waals surface area contributed by atoms with Crippen molar-refractivity contribution in [2.45, 2.75) is 0 Å². The Hall–Kier alpha value is -2.67. The largest absolute Gasteiger partial charge is 0.465 e. The first-order chi connectivity index (χ1) is 11.4. The van der Waals surface area contributed by atoms with Crippen LogP contribution in [0, 0.1) is 5.82 Å². The van der Waals surface area contributed by atoms with Gasteiger partial charge in [-0.1, -0.05) is 22.8 Å². The number of likely N-dealkylation sites (N-methyl/N-ethyl adjacent to an activating group) is 1. The maximum Gasteiger partial charge on any atom is 0.344 e. The molecule has 0 fully saturated rings. The maximum atomic E-state index is 14.1. The van der Waals surface area contributed by atoms with E-state index in [-0.39, 0.29) is 33.5 Å². The van der Waals surface area contributed by atoms with Crippen LogP contribution in [-0.4, -0.2) is 43.1 Å². The predicted molar refractivity (Wildman–Crippen MR) is 86.0 cm³/mol. The number of hydrogen-bond donors (Lipinski definition) is 0. The lowest BCUT2D eigenvalue weighted by molar-refractivity contribution is -0.123. The second-order valence-corrected chi connectivity index (χ2v) is 5.33. The molecular formula is C16H14ClFN2O4. The molecule has 2 rings (SSSR count). The van der Waals surface area contributed by atoms with Gasteiger partial charge in [-0.3, -0.25) is 4.79 Å². The molecule has 1 aromatic carbocycles. The minimum atomic E-state index is -0.789. The van der Waals surface area contributed by atoms with Crippen LogP contribution in [0.15, 0.2) is 28.8 Å². The van der Waals surface area contributed by atoms with E-state index in [0.717, 1.165) is 0 Å². The Kier molecular flexibility index (Phi) is 5.35. The molecule has 24 heavy (non-hydrogen) atoms. The topological polar surface area (TPSA) is 72.6 Å². The van der Waals surface area contributed by atoms with Crippen LogP contribution in [0.5, 0.6) is 0 Å². The molecule has 0 aliphatic carbocycles. The van der Waals surface area contributed by atoms with E-state index in [1.165, 1.54) is 42.4 Å². The zero-order valence-electron chi connectivity index (χ0n) is 13.2. The molecule has 0 saturated carbocycles. The molecule has 126 valence electrons. The molecule has 2 aromatic rings. The molecule has 0 bridgehead atoms. The van der Waals surface area contributed by atoms with E-state index in [1.54, 1.807) is 14.1 Å². The summed E-state index contributed by atoms with van der Waals surface area (Å²) in [6, 6.07) is 4.07. The number of esters is 1. The number of nitrogens with zero attached hydrogens (tertiary/aromatic N) is 2. The lowest BCUT2D eigenvalue weighted by Gasteiger charge is -2.05. The summed E-state index contributed by atoms with van der Waals surface area (Å²) in [5, 5.41) is 3.79. The van der Waals surface area contributed by atoms with E-state index in [0.29, 0.717) is 0 Å². The van der Waals surface area contributed by atoms with Gasteiger partial charge in [0.05, 0.1) is 17.7 Å². The number of methoxy groups -OCH3 is 1. The third kappa shape index (κ3) is 3.46. The van der Waals surface area contributed by atoms with Gasteiger partial charge in [-0.2, -0.15) is 0 Å². The van der Waals surface area contributed by atoms with E-state index in [2.05, 4.69) is 5.16 Å². The molecule has 0 radical (unpaired) electrons. The van der Waals surface area contributed by atoms with Crippen LogP contribution in [0.25, 0.3) is 17.3 Å². The van der Waals surface area contributed by atoms with Crippen LogP contribution in [0.4, 0.5) is 4.39 Å². The Morgan fingerprint density at radius 1 is 1.38 bits per heavy atom. The molecule has 0 aliphatic heterocycles. The summed E-state index contributed by atoms with van der Waals surface area (Å²) >= 11 is 6.01. The molecule has 1 amide bonds. The summed E-state index contributed by atoms with van der Waals surface area (Å²) < 4.78 is 23.9. The highest BCUT2D eigenvalue weighted by molar-refractivity contribution is 6.33. The van der Waals surface area contributed by atoms with Gasteiger partial charge in [-0.25, -0.2) is 9.18 Å². The summed E-state index contributed by atoms with van der Waals surface area (Å²) in [5.74, 6) is -1.82. The third-order valence-corrected chi connectivity index (χ3v) is 3.44. The Morgan fingerprint density at radius 2 is 2.08 bits per heavy atom. The van der Waals surface area contributed by atoms with Crippen molar-refractivity contribution in [2.75, 3.05) is 21.2 Å². The van der Waals surface area contributed by atoms with Gasteiger partial charge < -0.3 is 14.2 Å². The fourth-order valence-electron chi connectivity index (χ4n) is 1.91. The second-order valence-electron chi connectivity index (χ2n) is 4.92. The van der Waals surface area contributed by atoms with Crippen molar-refractivity contribution < 1.29 is 23.2 Å². The van der Waals surface area contributed by atoms with Gasteiger partial charge in [0.2, 0.25) is 5.91 Å². The number of benzene rings is 1. The molecule has 1 heterocycles. The molecule has 0 N–H and O–H groups in total. The van der Waals surface area contributed by atoms with Crippen molar-refractivity contribution in [1.82, 2.24) is 10.1 Å². The van der Waals surface area contributed by atoms with E-state index >= 15 is 0 Å². The summed E-state index contributed by atoms with van der Waals surface area (Å²) in [6.45, 7) is 0. The fraction of sp³-hybridized carbons (Fsp3) is 0.188. The number of carbonyl (C=O) groups excluding carboxylic acids is 2. The lowest BCUT2D eigenvalue weighted by atomic mass is 10.0. The molecule has 0 spiro atoms. The van der Waals surface area contributed by atoms with Gasteiger partial charge >= 0.3 is 5.97 Å². The number of halogens is 2. The fourth-order valence-corrected chi connectivity index (χ4v) is 2.16. The van der Waals surface area contributed by atoms with Gasteiger partial charge in [0, 0.05) is 20.2 Å². The summed E-state index contributed by atoms with van der Waals surface area (Å²) in [5.41, 5.74) is -0.295. The molecule has 0 atom stereocenters. The molecule has 6 nitrogen and oxygen atoms in total. The number of aromatic nitrogens is 1. The van der Waals surface area contributed by atoms with Gasteiger partial charge in [-0.15, -0.1) is 0 Å². The zero-order valence-corrected chi connectivity index (χ0v) is 13.9. The van der Waals surface area contributed by atoms with Crippen molar-refractivity contribution in [1.29, 1.82) is 0 Å². The smallest absolute Gasteiger partial charge is 0.344 e. The molecule has 8 heteroatoms. The second kappa shape index (κ2) is 7.27. The monoisotopic (exact) mass is 352 g/mol. The molecule has 1 aromatic heterocycles. The summed E-state index contributed by atoms with van der Waals surface area (Å²) in [6.07, 6.45) is 2.46. The number of rotatable bonds is 4. The first kappa shape index (κ1) is 17.7. The Balaban J connectivity index is 2.59. The highest BCUT2D eigenvalue weighted by Crippen LogP contribution is 2.34.